The predicted octanol–water partition coefficient (Wildman–Crippen LogP) is 2.02. The van der Waals surface area contributed by atoms with Crippen molar-refractivity contribution in [3.8, 4) is 0 Å². The van der Waals surface area contributed by atoms with E-state index in [4.69, 9.17) is 0 Å². The molecular formula is C14H22BrN5O. The van der Waals surface area contributed by atoms with Crippen LogP contribution in [-0.2, 0) is 4.79 Å². The van der Waals surface area contributed by atoms with Crippen LogP contribution in [0.3, 0.4) is 0 Å². The van der Waals surface area contributed by atoms with Gasteiger partial charge in [-0.15, -0.1) is 0 Å². The van der Waals surface area contributed by atoms with Gasteiger partial charge in [0.05, 0.1) is 5.41 Å². The van der Waals surface area contributed by atoms with E-state index in [9.17, 15) is 4.79 Å². The fourth-order valence-corrected chi connectivity index (χ4v) is 3.17. The molecule has 0 bridgehead atoms. The lowest BCUT2D eigenvalue weighted by molar-refractivity contribution is -0.128. The molecule has 0 aliphatic carbocycles. The number of nitrogens with one attached hydrogen (secondary N) is 2. The number of hydrogen-bond donors (Lipinski definition) is 2. The van der Waals surface area contributed by atoms with Gasteiger partial charge in [0, 0.05) is 26.7 Å². The van der Waals surface area contributed by atoms with Crippen LogP contribution in [0.25, 0.3) is 0 Å². The number of anilines is 2. The quantitative estimate of drug-likeness (QED) is 0.845. The summed E-state index contributed by atoms with van der Waals surface area (Å²) in [5.74, 6) is 1.73. The number of hydrogen-bond acceptors (Lipinski definition) is 5. The van der Waals surface area contributed by atoms with Gasteiger partial charge in [0.2, 0.25) is 5.91 Å². The minimum atomic E-state index is -0.365. The Labute approximate surface area is 133 Å². The Kier molecular flexibility index (Phi) is 5.03. The zero-order valence-electron chi connectivity index (χ0n) is 12.7. The molecule has 1 fully saturated rings. The molecule has 1 aromatic rings. The second-order valence-electron chi connectivity index (χ2n) is 5.60. The maximum absolute atomic E-state index is 12.0. The average Bonchev–Trinajstić information content (AvgIpc) is 2.89. The molecule has 116 valence electrons. The summed E-state index contributed by atoms with van der Waals surface area (Å²) in [6, 6.07) is 0. The number of carbonyl (C=O) groups excluding carboxylic acids is 1. The molecule has 0 spiro atoms. The predicted molar refractivity (Wildman–Crippen MR) is 87.5 cm³/mol. The average molecular weight is 356 g/mol. The minimum absolute atomic E-state index is 0.0829. The van der Waals surface area contributed by atoms with E-state index >= 15 is 0 Å². The van der Waals surface area contributed by atoms with Crippen molar-refractivity contribution in [3.05, 3.63) is 10.8 Å². The summed E-state index contributed by atoms with van der Waals surface area (Å²) < 4.78 is 0.861. The highest BCUT2D eigenvalue weighted by molar-refractivity contribution is 9.10. The number of halogens is 1. The molecule has 1 atom stereocenters. The topological polar surface area (TPSA) is 70.2 Å². The monoisotopic (exact) mass is 355 g/mol. The van der Waals surface area contributed by atoms with Crippen LogP contribution in [0.2, 0.25) is 0 Å². The van der Waals surface area contributed by atoms with Crippen LogP contribution in [0, 0.1) is 5.41 Å². The molecule has 2 rings (SSSR count). The first-order chi connectivity index (χ1) is 10.0. The van der Waals surface area contributed by atoms with Gasteiger partial charge in [-0.05, 0) is 35.7 Å². The van der Waals surface area contributed by atoms with Gasteiger partial charge in [-0.3, -0.25) is 4.79 Å². The lowest BCUT2D eigenvalue weighted by Crippen LogP contribution is -2.39. The Balaban J connectivity index is 2.18. The Morgan fingerprint density at radius 2 is 2.29 bits per heavy atom. The molecule has 0 aromatic carbocycles. The number of carbonyl (C=O) groups is 1. The maximum Gasteiger partial charge on any atom is 0.227 e. The Morgan fingerprint density at radius 3 is 2.95 bits per heavy atom. The van der Waals surface area contributed by atoms with E-state index in [1.807, 2.05) is 6.92 Å². The number of rotatable bonds is 5. The third kappa shape index (κ3) is 3.28. The van der Waals surface area contributed by atoms with Gasteiger partial charge in [-0.1, -0.05) is 6.92 Å². The maximum atomic E-state index is 12.0. The summed E-state index contributed by atoms with van der Waals surface area (Å²) in [5.41, 5.74) is -0.365. The zero-order chi connectivity index (χ0) is 15.5. The minimum Gasteiger partial charge on any atom is -0.369 e. The summed E-state index contributed by atoms with van der Waals surface area (Å²) in [7, 11) is 1.68. The van der Waals surface area contributed by atoms with E-state index in [-0.39, 0.29) is 11.3 Å². The van der Waals surface area contributed by atoms with E-state index in [1.165, 1.54) is 0 Å². The van der Waals surface area contributed by atoms with E-state index in [1.54, 1.807) is 13.4 Å². The third-order valence-electron chi connectivity index (χ3n) is 3.86. The molecule has 1 unspecified atom stereocenters. The third-order valence-corrected chi connectivity index (χ3v) is 4.59. The molecule has 6 nitrogen and oxygen atoms in total. The standard InChI is InChI=1S/C14H22BrN5O/c1-4-6-17-11-10(15)12(19-9-18-11)20-7-5-14(2,8-20)13(21)16-3/h9H,4-8H2,1-3H3,(H,16,21)(H,17,18,19). The largest absolute Gasteiger partial charge is 0.369 e. The molecule has 2 N–H and O–H groups in total. The number of amides is 1. The summed E-state index contributed by atoms with van der Waals surface area (Å²) in [5, 5.41) is 6.03. The highest BCUT2D eigenvalue weighted by Crippen LogP contribution is 2.37. The van der Waals surface area contributed by atoms with Crippen molar-refractivity contribution in [1.29, 1.82) is 0 Å². The van der Waals surface area contributed by atoms with Gasteiger partial charge < -0.3 is 15.5 Å². The van der Waals surface area contributed by atoms with Crippen molar-refractivity contribution < 1.29 is 4.79 Å². The summed E-state index contributed by atoms with van der Waals surface area (Å²) in [4.78, 5) is 22.8. The number of nitrogens with zero attached hydrogens (tertiary/aromatic N) is 3. The molecule has 1 aromatic heterocycles. The second-order valence-corrected chi connectivity index (χ2v) is 6.39. The lowest BCUT2D eigenvalue weighted by atomic mass is 9.89. The van der Waals surface area contributed by atoms with Gasteiger partial charge in [0.25, 0.3) is 0 Å². The lowest BCUT2D eigenvalue weighted by Gasteiger charge is -2.24. The molecular weight excluding hydrogens is 334 g/mol. The van der Waals surface area contributed by atoms with E-state index < -0.39 is 0 Å². The van der Waals surface area contributed by atoms with Crippen LogP contribution in [0.4, 0.5) is 11.6 Å². The van der Waals surface area contributed by atoms with Crippen LogP contribution in [-0.4, -0.2) is 42.6 Å². The van der Waals surface area contributed by atoms with Gasteiger partial charge >= 0.3 is 0 Å². The molecule has 1 saturated heterocycles. The summed E-state index contributed by atoms with van der Waals surface area (Å²) >= 11 is 3.58. The highest BCUT2D eigenvalue weighted by Gasteiger charge is 2.40. The van der Waals surface area contributed by atoms with E-state index in [0.29, 0.717) is 6.54 Å². The molecule has 1 aliphatic heterocycles. The molecule has 2 heterocycles. The zero-order valence-corrected chi connectivity index (χ0v) is 14.3. The van der Waals surface area contributed by atoms with Crippen LogP contribution in [0.5, 0.6) is 0 Å². The Bertz CT molecular complexity index is 524. The normalized spacial score (nSPS) is 21.4. The Hall–Kier alpha value is -1.37. The van der Waals surface area contributed by atoms with Gasteiger partial charge in [-0.2, -0.15) is 0 Å². The highest BCUT2D eigenvalue weighted by atomic mass is 79.9. The fourth-order valence-electron chi connectivity index (χ4n) is 2.58. The van der Waals surface area contributed by atoms with Gasteiger partial charge in [0.1, 0.15) is 22.4 Å². The Morgan fingerprint density at radius 1 is 1.52 bits per heavy atom. The first-order valence-electron chi connectivity index (χ1n) is 7.23. The van der Waals surface area contributed by atoms with Crippen LogP contribution < -0.4 is 15.5 Å². The van der Waals surface area contributed by atoms with Gasteiger partial charge in [0.15, 0.2) is 0 Å². The van der Waals surface area contributed by atoms with Crippen LogP contribution in [0.1, 0.15) is 26.7 Å². The van der Waals surface area contributed by atoms with E-state index in [0.717, 1.165) is 42.0 Å². The second kappa shape index (κ2) is 6.60. The summed E-state index contributed by atoms with van der Waals surface area (Å²) in [6.07, 6.45) is 3.42. The SMILES string of the molecule is CCCNc1ncnc(N2CCC(C)(C(=O)NC)C2)c1Br. The molecule has 1 aliphatic rings. The van der Waals surface area contributed by atoms with Crippen molar-refractivity contribution in [3.63, 3.8) is 0 Å². The smallest absolute Gasteiger partial charge is 0.227 e. The van der Waals surface area contributed by atoms with Crippen molar-refractivity contribution in [2.24, 2.45) is 5.41 Å². The molecule has 0 saturated carbocycles. The molecule has 1 amide bonds. The van der Waals surface area contributed by atoms with Crippen molar-refractivity contribution in [1.82, 2.24) is 15.3 Å². The van der Waals surface area contributed by atoms with Crippen molar-refractivity contribution >= 4 is 33.5 Å². The van der Waals surface area contributed by atoms with Crippen molar-refractivity contribution in [2.45, 2.75) is 26.7 Å². The first-order valence-corrected chi connectivity index (χ1v) is 8.02. The molecule has 7 heteroatoms. The summed E-state index contributed by atoms with van der Waals surface area (Å²) in [6.45, 7) is 6.45. The fraction of sp³-hybridized carbons (Fsp3) is 0.643. The van der Waals surface area contributed by atoms with Crippen LogP contribution in [0.15, 0.2) is 10.8 Å². The number of aromatic nitrogens is 2. The molecule has 21 heavy (non-hydrogen) atoms. The van der Waals surface area contributed by atoms with Crippen molar-refractivity contribution in [2.75, 3.05) is 36.9 Å². The van der Waals surface area contributed by atoms with Gasteiger partial charge in [-0.25, -0.2) is 9.97 Å². The first kappa shape index (κ1) is 16.0. The van der Waals surface area contributed by atoms with Crippen LogP contribution >= 0.6 is 15.9 Å². The molecule has 0 radical (unpaired) electrons. The van der Waals surface area contributed by atoms with E-state index in [2.05, 4.69) is 48.4 Å².